The van der Waals surface area contributed by atoms with E-state index >= 15 is 0 Å². The average molecular weight is 327 g/mol. The Bertz CT molecular complexity index is 695. The van der Waals surface area contributed by atoms with E-state index < -0.39 is 17.5 Å². The van der Waals surface area contributed by atoms with E-state index in [0.29, 0.717) is 16.5 Å². The molecular weight excluding hydrogens is 314 g/mol. The molecule has 2 aromatic rings. The SMILES string of the molecule is COc1ccc(NC(=O)CNc2cc(F)ccc2F)cc1Cl. The summed E-state index contributed by atoms with van der Waals surface area (Å²) in [6.07, 6.45) is 0. The van der Waals surface area contributed by atoms with Crippen LogP contribution >= 0.6 is 11.6 Å². The molecule has 0 heterocycles. The summed E-state index contributed by atoms with van der Waals surface area (Å²) in [6.45, 7) is -0.218. The van der Waals surface area contributed by atoms with Gasteiger partial charge in [0.25, 0.3) is 0 Å². The van der Waals surface area contributed by atoms with Crippen LogP contribution in [0.25, 0.3) is 0 Å². The zero-order valence-corrected chi connectivity index (χ0v) is 12.4. The molecule has 2 aromatic carbocycles. The fraction of sp³-hybridized carbons (Fsp3) is 0.133. The van der Waals surface area contributed by atoms with Crippen LogP contribution in [0.1, 0.15) is 0 Å². The lowest BCUT2D eigenvalue weighted by Crippen LogP contribution is -2.22. The number of anilines is 2. The minimum Gasteiger partial charge on any atom is -0.495 e. The predicted molar refractivity (Wildman–Crippen MR) is 81.5 cm³/mol. The van der Waals surface area contributed by atoms with Crippen molar-refractivity contribution in [2.45, 2.75) is 0 Å². The third-order valence-electron chi connectivity index (χ3n) is 2.80. The van der Waals surface area contributed by atoms with E-state index in [9.17, 15) is 13.6 Å². The summed E-state index contributed by atoms with van der Waals surface area (Å²) in [5, 5.41) is 5.46. The van der Waals surface area contributed by atoms with Crippen molar-refractivity contribution in [3.8, 4) is 5.75 Å². The van der Waals surface area contributed by atoms with Gasteiger partial charge in [0.1, 0.15) is 17.4 Å². The zero-order valence-electron chi connectivity index (χ0n) is 11.6. The first-order valence-corrected chi connectivity index (χ1v) is 6.69. The van der Waals surface area contributed by atoms with Gasteiger partial charge in [0.05, 0.1) is 24.4 Å². The Morgan fingerprint density at radius 2 is 2.00 bits per heavy atom. The lowest BCUT2D eigenvalue weighted by Gasteiger charge is -2.10. The van der Waals surface area contributed by atoms with Gasteiger partial charge in [-0.15, -0.1) is 0 Å². The Kier molecular flexibility index (Phi) is 5.16. The largest absolute Gasteiger partial charge is 0.495 e. The molecule has 2 N–H and O–H groups in total. The third kappa shape index (κ3) is 4.08. The molecule has 0 spiro atoms. The Morgan fingerprint density at radius 1 is 1.23 bits per heavy atom. The van der Waals surface area contributed by atoms with Gasteiger partial charge in [0, 0.05) is 5.69 Å². The number of amides is 1. The maximum absolute atomic E-state index is 13.4. The molecule has 0 bridgehead atoms. The van der Waals surface area contributed by atoms with Crippen molar-refractivity contribution in [2.75, 3.05) is 24.3 Å². The highest BCUT2D eigenvalue weighted by molar-refractivity contribution is 6.32. The number of halogens is 3. The van der Waals surface area contributed by atoms with Crippen LogP contribution in [0, 0.1) is 11.6 Å². The van der Waals surface area contributed by atoms with Crippen LogP contribution in [0.5, 0.6) is 5.75 Å². The summed E-state index contributed by atoms with van der Waals surface area (Å²) in [7, 11) is 1.48. The fourth-order valence-electron chi connectivity index (χ4n) is 1.76. The predicted octanol–water partition coefficient (Wildman–Crippen LogP) is 3.68. The van der Waals surface area contributed by atoms with Gasteiger partial charge in [0.15, 0.2) is 0 Å². The van der Waals surface area contributed by atoms with Crippen molar-refractivity contribution in [1.82, 2.24) is 0 Å². The summed E-state index contributed by atoms with van der Waals surface area (Å²) >= 11 is 5.94. The quantitative estimate of drug-likeness (QED) is 0.881. The van der Waals surface area contributed by atoms with Gasteiger partial charge in [0.2, 0.25) is 5.91 Å². The zero-order chi connectivity index (χ0) is 16.1. The second-order valence-corrected chi connectivity index (χ2v) is 4.78. The Labute approximate surface area is 131 Å². The number of nitrogens with one attached hydrogen (secondary N) is 2. The molecule has 0 fully saturated rings. The minimum absolute atomic E-state index is 0.0806. The van der Waals surface area contributed by atoms with Crippen LogP contribution in [-0.4, -0.2) is 19.6 Å². The van der Waals surface area contributed by atoms with Crippen molar-refractivity contribution in [2.24, 2.45) is 0 Å². The highest BCUT2D eigenvalue weighted by Gasteiger charge is 2.08. The molecule has 116 valence electrons. The smallest absolute Gasteiger partial charge is 0.243 e. The maximum Gasteiger partial charge on any atom is 0.243 e. The number of hydrogen-bond acceptors (Lipinski definition) is 3. The van der Waals surface area contributed by atoms with E-state index in [-0.39, 0.29) is 12.2 Å². The van der Waals surface area contributed by atoms with Gasteiger partial charge in [-0.3, -0.25) is 4.79 Å². The lowest BCUT2D eigenvalue weighted by molar-refractivity contribution is -0.114. The number of carbonyl (C=O) groups is 1. The molecule has 22 heavy (non-hydrogen) atoms. The van der Waals surface area contributed by atoms with Gasteiger partial charge < -0.3 is 15.4 Å². The van der Waals surface area contributed by atoms with Crippen LogP contribution in [-0.2, 0) is 4.79 Å². The summed E-state index contributed by atoms with van der Waals surface area (Å²) in [5.74, 6) is -1.17. The van der Waals surface area contributed by atoms with Crippen molar-refractivity contribution in [3.05, 3.63) is 53.1 Å². The number of rotatable bonds is 5. The van der Waals surface area contributed by atoms with E-state index in [2.05, 4.69) is 10.6 Å². The minimum atomic E-state index is -0.637. The van der Waals surface area contributed by atoms with Crippen molar-refractivity contribution < 1.29 is 18.3 Å². The maximum atomic E-state index is 13.4. The molecule has 2 rings (SSSR count). The number of methoxy groups -OCH3 is 1. The summed E-state index contributed by atoms with van der Waals surface area (Å²) in [5.41, 5.74) is 0.389. The van der Waals surface area contributed by atoms with E-state index in [1.807, 2.05) is 0 Å². The van der Waals surface area contributed by atoms with E-state index in [4.69, 9.17) is 16.3 Å². The molecule has 4 nitrogen and oxygen atoms in total. The molecule has 0 aliphatic rings. The highest BCUT2D eigenvalue weighted by Crippen LogP contribution is 2.27. The standard InChI is InChI=1S/C15H13ClF2N2O2/c1-22-14-5-3-10(7-11(14)16)20-15(21)8-19-13-6-9(17)2-4-12(13)18/h2-7,19H,8H2,1H3,(H,20,21). The van der Waals surface area contributed by atoms with Gasteiger partial charge in [-0.1, -0.05) is 11.6 Å². The van der Waals surface area contributed by atoms with E-state index in [0.717, 1.165) is 18.2 Å². The second-order valence-electron chi connectivity index (χ2n) is 4.38. The Balaban J connectivity index is 1.95. The normalized spacial score (nSPS) is 10.2. The number of carbonyl (C=O) groups excluding carboxylic acids is 1. The molecule has 0 aliphatic carbocycles. The monoisotopic (exact) mass is 326 g/mol. The van der Waals surface area contributed by atoms with Gasteiger partial charge in [-0.05, 0) is 36.4 Å². The molecule has 0 aromatic heterocycles. The molecule has 0 unspecified atom stereocenters. The van der Waals surface area contributed by atoms with Gasteiger partial charge in [-0.2, -0.15) is 0 Å². The number of hydrogen-bond donors (Lipinski definition) is 2. The van der Waals surface area contributed by atoms with E-state index in [1.54, 1.807) is 12.1 Å². The van der Waals surface area contributed by atoms with Crippen LogP contribution in [0.4, 0.5) is 20.2 Å². The topological polar surface area (TPSA) is 50.4 Å². The van der Waals surface area contributed by atoms with Crippen LogP contribution in [0.15, 0.2) is 36.4 Å². The fourth-order valence-corrected chi connectivity index (χ4v) is 2.02. The number of ether oxygens (including phenoxy) is 1. The first-order chi connectivity index (χ1) is 10.5. The molecule has 0 aliphatic heterocycles. The summed E-state index contributed by atoms with van der Waals surface area (Å²) in [6, 6.07) is 7.72. The van der Waals surface area contributed by atoms with E-state index in [1.165, 1.54) is 13.2 Å². The Hall–Kier alpha value is -2.34. The summed E-state index contributed by atoms with van der Waals surface area (Å²) in [4.78, 5) is 11.8. The summed E-state index contributed by atoms with van der Waals surface area (Å²) < 4.78 is 31.4. The van der Waals surface area contributed by atoms with Crippen LogP contribution in [0.3, 0.4) is 0 Å². The van der Waals surface area contributed by atoms with Crippen molar-refractivity contribution in [3.63, 3.8) is 0 Å². The molecule has 1 amide bonds. The second kappa shape index (κ2) is 7.09. The molecule has 0 saturated heterocycles. The molecule has 0 atom stereocenters. The van der Waals surface area contributed by atoms with Crippen LogP contribution < -0.4 is 15.4 Å². The number of benzene rings is 2. The first-order valence-electron chi connectivity index (χ1n) is 6.32. The molecular formula is C15H13ClF2N2O2. The average Bonchev–Trinajstić information content (AvgIpc) is 2.48. The molecule has 0 saturated carbocycles. The lowest BCUT2D eigenvalue weighted by atomic mass is 10.3. The van der Waals surface area contributed by atoms with Crippen molar-refractivity contribution >= 4 is 28.9 Å². The molecule has 0 radical (unpaired) electrons. The highest BCUT2D eigenvalue weighted by atomic mass is 35.5. The third-order valence-corrected chi connectivity index (χ3v) is 3.10. The Morgan fingerprint density at radius 3 is 2.68 bits per heavy atom. The van der Waals surface area contributed by atoms with Gasteiger partial charge >= 0.3 is 0 Å². The van der Waals surface area contributed by atoms with Gasteiger partial charge in [-0.25, -0.2) is 8.78 Å². The first kappa shape index (κ1) is 16.0. The van der Waals surface area contributed by atoms with Crippen molar-refractivity contribution in [1.29, 1.82) is 0 Å². The molecule has 7 heteroatoms. The van der Waals surface area contributed by atoms with Crippen LogP contribution in [0.2, 0.25) is 5.02 Å².